The lowest BCUT2D eigenvalue weighted by atomic mass is 10.2. The quantitative estimate of drug-likeness (QED) is 0.747. The minimum atomic E-state index is -3.06. The van der Waals surface area contributed by atoms with E-state index in [1.54, 1.807) is 11.3 Å². The van der Waals surface area contributed by atoms with Gasteiger partial charge in [-0.2, -0.15) is 0 Å². The van der Waals surface area contributed by atoms with Crippen molar-refractivity contribution in [3.05, 3.63) is 20.8 Å². The summed E-state index contributed by atoms with van der Waals surface area (Å²) in [5.74, 6) is 0. The fourth-order valence-electron chi connectivity index (χ4n) is 1.33. The predicted octanol–water partition coefficient (Wildman–Crippen LogP) is 2.10. The molecule has 1 aromatic heterocycles. The van der Waals surface area contributed by atoms with Crippen LogP contribution in [0.4, 0.5) is 0 Å². The van der Waals surface area contributed by atoms with E-state index in [4.69, 9.17) is 0 Å². The van der Waals surface area contributed by atoms with Crippen LogP contribution in [0.15, 0.2) is 15.9 Å². The van der Waals surface area contributed by atoms with E-state index in [2.05, 4.69) is 39.0 Å². The molecule has 0 aromatic carbocycles. The predicted molar refractivity (Wildman–Crippen MR) is 75.9 cm³/mol. The summed E-state index contributed by atoms with van der Waals surface area (Å²) in [7, 11) is -3.06. The average Bonchev–Trinajstić information content (AvgIpc) is 2.62. The van der Waals surface area contributed by atoms with Gasteiger partial charge >= 0.3 is 0 Å². The Balaban J connectivity index is 2.19. The highest BCUT2D eigenvalue weighted by Gasteiger charge is 2.07. The van der Waals surface area contributed by atoms with E-state index in [1.165, 1.54) is 11.1 Å². The van der Waals surface area contributed by atoms with Crippen LogP contribution < -0.4 is 10.0 Å². The largest absolute Gasteiger partial charge is 0.309 e. The number of thiophene rings is 1. The van der Waals surface area contributed by atoms with Gasteiger partial charge < -0.3 is 5.32 Å². The second-order valence-electron chi connectivity index (χ2n) is 3.84. The van der Waals surface area contributed by atoms with E-state index in [1.807, 2.05) is 6.07 Å². The molecular formula is C10H17BrN2O2S2. The van der Waals surface area contributed by atoms with Gasteiger partial charge in [-0.05, 0) is 48.0 Å². The molecule has 1 rings (SSSR count). The summed E-state index contributed by atoms with van der Waals surface area (Å²) in [6.45, 7) is 3.37. The molecule has 0 saturated carbocycles. The molecule has 17 heavy (non-hydrogen) atoms. The fourth-order valence-corrected chi connectivity index (χ4v) is 3.29. The zero-order valence-electron chi connectivity index (χ0n) is 9.86. The van der Waals surface area contributed by atoms with E-state index in [-0.39, 0.29) is 0 Å². The molecule has 1 heterocycles. The van der Waals surface area contributed by atoms with Gasteiger partial charge in [-0.3, -0.25) is 0 Å². The standard InChI is InChI=1S/C10H17BrN2O2S2/c1-8(9-4-5-10(11)16-9)12-6-3-7-13-17(2,14)15/h4-5,8,12-13H,3,6-7H2,1-2H3. The van der Waals surface area contributed by atoms with Crippen molar-refractivity contribution in [2.45, 2.75) is 19.4 Å². The number of hydrogen-bond acceptors (Lipinski definition) is 4. The van der Waals surface area contributed by atoms with E-state index in [0.717, 1.165) is 16.8 Å². The molecule has 0 aliphatic rings. The van der Waals surface area contributed by atoms with Crippen LogP contribution in [-0.2, 0) is 10.0 Å². The van der Waals surface area contributed by atoms with Crippen molar-refractivity contribution in [3.8, 4) is 0 Å². The summed E-state index contributed by atoms with van der Waals surface area (Å²) >= 11 is 5.14. The van der Waals surface area contributed by atoms with Crippen LogP contribution in [0.3, 0.4) is 0 Å². The van der Waals surface area contributed by atoms with Crippen molar-refractivity contribution < 1.29 is 8.42 Å². The van der Waals surface area contributed by atoms with Gasteiger partial charge in [-0.1, -0.05) is 0 Å². The maximum atomic E-state index is 10.8. The molecule has 0 aliphatic heterocycles. The number of halogens is 1. The van der Waals surface area contributed by atoms with Crippen molar-refractivity contribution in [2.24, 2.45) is 0 Å². The summed E-state index contributed by atoms with van der Waals surface area (Å²) in [5.41, 5.74) is 0. The van der Waals surface area contributed by atoms with Crippen molar-refractivity contribution in [1.82, 2.24) is 10.0 Å². The van der Waals surface area contributed by atoms with Crippen LogP contribution in [-0.4, -0.2) is 27.8 Å². The molecule has 4 nitrogen and oxygen atoms in total. The Labute approximate surface area is 115 Å². The highest BCUT2D eigenvalue weighted by Crippen LogP contribution is 2.26. The number of nitrogens with one attached hydrogen (secondary N) is 2. The van der Waals surface area contributed by atoms with Gasteiger partial charge in [0.05, 0.1) is 10.0 Å². The number of hydrogen-bond donors (Lipinski definition) is 2. The number of rotatable bonds is 7. The molecule has 2 N–H and O–H groups in total. The monoisotopic (exact) mass is 340 g/mol. The van der Waals surface area contributed by atoms with E-state index < -0.39 is 10.0 Å². The molecular weight excluding hydrogens is 324 g/mol. The summed E-state index contributed by atoms with van der Waals surface area (Å²) in [6.07, 6.45) is 1.95. The first-order valence-electron chi connectivity index (χ1n) is 5.32. The molecule has 98 valence electrons. The summed E-state index contributed by atoms with van der Waals surface area (Å²) < 4.78 is 25.2. The first-order chi connectivity index (χ1) is 7.88. The Morgan fingerprint density at radius 3 is 2.65 bits per heavy atom. The van der Waals surface area contributed by atoms with Gasteiger partial charge in [0.15, 0.2) is 0 Å². The van der Waals surface area contributed by atoms with Crippen molar-refractivity contribution in [3.63, 3.8) is 0 Å². The zero-order valence-corrected chi connectivity index (χ0v) is 13.1. The van der Waals surface area contributed by atoms with Crippen LogP contribution in [0.1, 0.15) is 24.3 Å². The van der Waals surface area contributed by atoms with Crippen molar-refractivity contribution >= 4 is 37.3 Å². The Hall–Kier alpha value is 0.0500. The molecule has 0 amide bonds. The van der Waals surface area contributed by atoms with Crippen LogP contribution in [0, 0.1) is 0 Å². The Morgan fingerprint density at radius 2 is 2.12 bits per heavy atom. The second kappa shape index (κ2) is 6.84. The topological polar surface area (TPSA) is 58.2 Å². The van der Waals surface area contributed by atoms with Crippen molar-refractivity contribution in [2.75, 3.05) is 19.3 Å². The second-order valence-corrected chi connectivity index (χ2v) is 8.17. The summed E-state index contributed by atoms with van der Waals surface area (Å²) in [6, 6.07) is 4.41. The normalized spacial score (nSPS) is 13.8. The minimum Gasteiger partial charge on any atom is -0.309 e. The molecule has 0 fully saturated rings. The smallest absolute Gasteiger partial charge is 0.208 e. The third kappa shape index (κ3) is 6.52. The third-order valence-corrected chi connectivity index (χ3v) is 4.72. The van der Waals surface area contributed by atoms with Crippen LogP contribution in [0.25, 0.3) is 0 Å². The van der Waals surface area contributed by atoms with Crippen molar-refractivity contribution in [1.29, 1.82) is 0 Å². The summed E-state index contributed by atoms with van der Waals surface area (Å²) in [4.78, 5) is 1.27. The fraction of sp³-hybridized carbons (Fsp3) is 0.600. The lowest BCUT2D eigenvalue weighted by Crippen LogP contribution is -2.27. The Bertz CT molecular complexity index is 445. The molecule has 0 spiro atoms. The van der Waals surface area contributed by atoms with E-state index in [0.29, 0.717) is 12.6 Å². The highest BCUT2D eigenvalue weighted by atomic mass is 79.9. The van der Waals surface area contributed by atoms with Gasteiger partial charge in [-0.15, -0.1) is 11.3 Å². The molecule has 0 aliphatic carbocycles. The molecule has 0 bridgehead atoms. The van der Waals surface area contributed by atoms with Gasteiger partial charge in [0.25, 0.3) is 0 Å². The van der Waals surface area contributed by atoms with Gasteiger partial charge in [0, 0.05) is 17.5 Å². The SMILES string of the molecule is CC(NCCCNS(C)(=O)=O)c1ccc(Br)s1. The molecule has 1 unspecified atom stereocenters. The first-order valence-corrected chi connectivity index (χ1v) is 8.82. The van der Waals surface area contributed by atoms with Gasteiger partial charge in [0.1, 0.15) is 0 Å². The maximum absolute atomic E-state index is 10.8. The lowest BCUT2D eigenvalue weighted by Gasteiger charge is -2.11. The zero-order chi connectivity index (χ0) is 12.9. The van der Waals surface area contributed by atoms with Crippen LogP contribution >= 0.6 is 27.3 Å². The Morgan fingerprint density at radius 1 is 1.41 bits per heavy atom. The highest BCUT2D eigenvalue weighted by molar-refractivity contribution is 9.11. The first kappa shape index (κ1) is 15.1. The Kier molecular flexibility index (Phi) is 6.08. The lowest BCUT2D eigenvalue weighted by molar-refractivity contribution is 0.553. The van der Waals surface area contributed by atoms with Crippen LogP contribution in [0.5, 0.6) is 0 Å². The summed E-state index contributed by atoms with van der Waals surface area (Å²) in [5, 5.41) is 3.35. The van der Waals surface area contributed by atoms with E-state index in [9.17, 15) is 8.42 Å². The van der Waals surface area contributed by atoms with E-state index >= 15 is 0 Å². The maximum Gasteiger partial charge on any atom is 0.208 e. The van der Waals surface area contributed by atoms with Gasteiger partial charge in [-0.25, -0.2) is 13.1 Å². The number of sulfonamides is 1. The van der Waals surface area contributed by atoms with Gasteiger partial charge in [0.2, 0.25) is 10.0 Å². The molecule has 0 radical (unpaired) electrons. The van der Waals surface area contributed by atoms with Crippen LogP contribution in [0.2, 0.25) is 0 Å². The average molecular weight is 341 g/mol. The minimum absolute atomic E-state index is 0.296. The third-order valence-electron chi connectivity index (χ3n) is 2.19. The molecule has 0 saturated heterocycles. The molecule has 1 atom stereocenters. The molecule has 1 aromatic rings. The molecule has 7 heteroatoms.